The summed E-state index contributed by atoms with van der Waals surface area (Å²) in [5.74, 6) is -0.618. The van der Waals surface area contributed by atoms with E-state index < -0.39 is 11.9 Å². The van der Waals surface area contributed by atoms with Crippen LogP contribution in [-0.4, -0.2) is 30.5 Å². The van der Waals surface area contributed by atoms with Crippen LogP contribution in [-0.2, 0) is 9.59 Å². The highest BCUT2D eigenvalue weighted by Gasteiger charge is 2.32. The Labute approximate surface area is 135 Å². The molecule has 2 amide bonds. The van der Waals surface area contributed by atoms with Crippen molar-refractivity contribution in [2.75, 3.05) is 6.61 Å². The quantitative estimate of drug-likeness (QED) is 0.871. The summed E-state index contributed by atoms with van der Waals surface area (Å²) >= 11 is 0. The number of carbonyl (C=O) groups is 2. The van der Waals surface area contributed by atoms with Gasteiger partial charge in [-0.15, -0.1) is 0 Å². The van der Waals surface area contributed by atoms with Crippen LogP contribution in [0.2, 0.25) is 0 Å². The molecule has 1 saturated heterocycles. The van der Waals surface area contributed by atoms with E-state index in [1.165, 1.54) is 6.07 Å². The molecule has 1 aliphatic heterocycles. The van der Waals surface area contributed by atoms with Gasteiger partial charge in [-0.2, -0.15) is 0 Å². The number of ether oxygens (including phenoxy) is 1. The predicted octanol–water partition coefficient (Wildman–Crippen LogP) is 2.01. The van der Waals surface area contributed by atoms with E-state index in [1.807, 2.05) is 20.8 Å². The Bertz CT molecular complexity index is 583. The van der Waals surface area contributed by atoms with Crippen molar-refractivity contribution < 1.29 is 18.7 Å². The van der Waals surface area contributed by atoms with Crippen LogP contribution >= 0.6 is 0 Å². The lowest BCUT2D eigenvalue weighted by Gasteiger charge is -2.32. The van der Waals surface area contributed by atoms with E-state index >= 15 is 0 Å². The number of halogens is 1. The van der Waals surface area contributed by atoms with Crippen molar-refractivity contribution in [3.8, 4) is 5.75 Å². The number of amides is 2. The Morgan fingerprint density at radius 1 is 1.43 bits per heavy atom. The van der Waals surface area contributed by atoms with Gasteiger partial charge >= 0.3 is 0 Å². The summed E-state index contributed by atoms with van der Waals surface area (Å²) in [4.78, 5) is 23.5. The van der Waals surface area contributed by atoms with Crippen LogP contribution in [0.5, 0.6) is 5.75 Å². The fraction of sp³-hybridized carbons (Fsp3) is 0.529. The minimum atomic E-state index is -0.499. The van der Waals surface area contributed by atoms with Gasteiger partial charge in [-0.05, 0) is 24.0 Å². The Hall–Kier alpha value is -2.11. The average molecular weight is 322 g/mol. The molecule has 0 radical (unpaired) electrons. The van der Waals surface area contributed by atoms with Gasteiger partial charge in [0.25, 0.3) is 0 Å². The van der Waals surface area contributed by atoms with Crippen LogP contribution in [0.3, 0.4) is 0 Å². The standard InChI is InChI=1S/C17H23FN2O3/c1-17(2,3)14(10-23-13-7-5-4-6-11(13)18)20-16(22)12-8-9-15(21)19-12/h4-7,12,14H,8-10H2,1-3H3,(H,19,21)(H,20,22). The number of nitrogens with one attached hydrogen (secondary N) is 2. The fourth-order valence-electron chi connectivity index (χ4n) is 2.33. The van der Waals surface area contributed by atoms with Gasteiger partial charge in [0.15, 0.2) is 11.6 Å². The third-order valence-corrected chi connectivity index (χ3v) is 3.92. The van der Waals surface area contributed by atoms with E-state index in [1.54, 1.807) is 18.2 Å². The highest BCUT2D eigenvalue weighted by Crippen LogP contribution is 2.22. The van der Waals surface area contributed by atoms with Crippen molar-refractivity contribution >= 4 is 11.8 Å². The smallest absolute Gasteiger partial charge is 0.242 e. The normalized spacial score (nSPS) is 19.1. The van der Waals surface area contributed by atoms with Crippen LogP contribution in [0, 0.1) is 11.2 Å². The zero-order chi connectivity index (χ0) is 17.0. The largest absolute Gasteiger partial charge is 0.488 e. The van der Waals surface area contributed by atoms with Crippen molar-refractivity contribution in [2.45, 2.75) is 45.7 Å². The molecular formula is C17H23FN2O3. The topological polar surface area (TPSA) is 67.4 Å². The van der Waals surface area contributed by atoms with E-state index in [2.05, 4.69) is 10.6 Å². The number of carbonyl (C=O) groups excluding carboxylic acids is 2. The van der Waals surface area contributed by atoms with Gasteiger partial charge in [-0.25, -0.2) is 4.39 Å². The van der Waals surface area contributed by atoms with Crippen LogP contribution < -0.4 is 15.4 Å². The summed E-state index contributed by atoms with van der Waals surface area (Å²) in [6, 6.07) is 5.35. The SMILES string of the molecule is CC(C)(C)C(COc1ccccc1F)NC(=O)C1CCC(=O)N1. The van der Waals surface area contributed by atoms with Gasteiger partial charge in [0.2, 0.25) is 11.8 Å². The minimum Gasteiger partial charge on any atom is -0.488 e. The zero-order valence-corrected chi connectivity index (χ0v) is 13.7. The maximum atomic E-state index is 13.6. The lowest BCUT2D eigenvalue weighted by molar-refractivity contribution is -0.127. The van der Waals surface area contributed by atoms with E-state index in [4.69, 9.17) is 4.74 Å². The number of hydrogen-bond donors (Lipinski definition) is 2. The van der Waals surface area contributed by atoms with Crippen molar-refractivity contribution in [3.05, 3.63) is 30.1 Å². The number of rotatable bonds is 5. The lowest BCUT2D eigenvalue weighted by atomic mass is 9.87. The molecule has 1 aliphatic rings. The van der Waals surface area contributed by atoms with Gasteiger partial charge in [0.1, 0.15) is 12.6 Å². The third-order valence-electron chi connectivity index (χ3n) is 3.92. The predicted molar refractivity (Wildman–Crippen MR) is 84.4 cm³/mol. The van der Waals surface area contributed by atoms with Crippen molar-refractivity contribution in [3.63, 3.8) is 0 Å². The Kier molecular flexibility index (Phi) is 5.23. The fourth-order valence-corrected chi connectivity index (χ4v) is 2.33. The van der Waals surface area contributed by atoms with Crippen molar-refractivity contribution in [1.29, 1.82) is 0 Å². The average Bonchev–Trinajstić information content (AvgIpc) is 2.90. The molecule has 1 aromatic rings. The van der Waals surface area contributed by atoms with E-state index in [9.17, 15) is 14.0 Å². The molecule has 2 unspecified atom stereocenters. The first-order valence-electron chi connectivity index (χ1n) is 7.74. The first kappa shape index (κ1) is 17.2. The van der Waals surface area contributed by atoms with E-state index in [0.29, 0.717) is 12.8 Å². The summed E-state index contributed by atoms with van der Waals surface area (Å²) in [7, 11) is 0. The molecule has 5 nitrogen and oxygen atoms in total. The van der Waals surface area contributed by atoms with Crippen LogP contribution in [0.1, 0.15) is 33.6 Å². The molecule has 0 bridgehead atoms. The molecule has 0 aromatic heterocycles. The van der Waals surface area contributed by atoms with Crippen LogP contribution in [0.25, 0.3) is 0 Å². The van der Waals surface area contributed by atoms with Gasteiger partial charge in [0.05, 0.1) is 6.04 Å². The van der Waals surface area contributed by atoms with Gasteiger partial charge in [-0.3, -0.25) is 9.59 Å². The second-order valence-electron chi connectivity index (χ2n) is 6.83. The van der Waals surface area contributed by atoms with E-state index in [0.717, 1.165) is 0 Å². The van der Waals surface area contributed by atoms with Crippen molar-refractivity contribution in [2.24, 2.45) is 5.41 Å². The number of hydrogen-bond acceptors (Lipinski definition) is 3. The molecule has 126 valence electrons. The Morgan fingerprint density at radius 3 is 2.70 bits per heavy atom. The molecule has 2 N–H and O–H groups in total. The summed E-state index contributed by atoms with van der Waals surface area (Å²) in [6.45, 7) is 6.05. The third kappa shape index (κ3) is 4.68. The summed E-state index contributed by atoms with van der Waals surface area (Å²) in [6.07, 6.45) is 0.861. The maximum absolute atomic E-state index is 13.6. The van der Waals surface area contributed by atoms with E-state index in [-0.39, 0.29) is 35.6 Å². The second kappa shape index (κ2) is 6.98. The van der Waals surface area contributed by atoms with Crippen molar-refractivity contribution in [1.82, 2.24) is 10.6 Å². The monoisotopic (exact) mass is 322 g/mol. The number of benzene rings is 1. The molecule has 1 heterocycles. The lowest BCUT2D eigenvalue weighted by Crippen LogP contribution is -2.52. The van der Waals surface area contributed by atoms with Gasteiger partial charge in [-0.1, -0.05) is 32.9 Å². The molecule has 1 fully saturated rings. The van der Waals surface area contributed by atoms with Gasteiger partial charge in [0, 0.05) is 6.42 Å². The highest BCUT2D eigenvalue weighted by molar-refractivity contribution is 5.90. The molecule has 6 heteroatoms. The first-order valence-corrected chi connectivity index (χ1v) is 7.74. The summed E-state index contributed by atoms with van der Waals surface area (Å²) in [5, 5.41) is 5.55. The highest BCUT2D eigenvalue weighted by atomic mass is 19.1. The van der Waals surface area contributed by atoms with Crippen LogP contribution in [0.4, 0.5) is 4.39 Å². The Balaban J connectivity index is 1.99. The van der Waals surface area contributed by atoms with Crippen LogP contribution in [0.15, 0.2) is 24.3 Å². The summed E-state index contributed by atoms with van der Waals surface area (Å²) < 4.78 is 19.2. The molecule has 23 heavy (non-hydrogen) atoms. The molecule has 2 atom stereocenters. The zero-order valence-electron chi connectivity index (χ0n) is 13.7. The molecule has 0 aliphatic carbocycles. The Morgan fingerprint density at radius 2 is 2.13 bits per heavy atom. The first-order chi connectivity index (χ1) is 10.8. The molecule has 0 spiro atoms. The molecule has 1 aromatic carbocycles. The minimum absolute atomic E-state index is 0.111. The maximum Gasteiger partial charge on any atom is 0.242 e. The molecule has 2 rings (SSSR count). The second-order valence-corrected chi connectivity index (χ2v) is 6.83. The molecule has 0 saturated carbocycles. The molecular weight excluding hydrogens is 299 g/mol. The van der Waals surface area contributed by atoms with Gasteiger partial charge < -0.3 is 15.4 Å². The summed E-state index contributed by atoms with van der Waals surface area (Å²) in [5.41, 5.74) is -0.274. The number of para-hydroxylation sites is 1.